The standard InChI is InChI=1S/C18H17F2NO3/c19-12-6-7-16(20)15(8-12)17-9-13(22)10-21(17)18(23)11-24-14-4-2-1-3-5-14/h1-8,13,17,22H,9-11H2/t13-,17+/m1/s1. The molecule has 24 heavy (non-hydrogen) atoms. The fourth-order valence-electron chi connectivity index (χ4n) is 2.90. The summed E-state index contributed by atoms with van der Waals surface area (Å²) in [4.78, 5) is 13.8. The number of hydrogen-bond acceptors (Lipinski definition) is 3. The highest BCUT2D eigenvalue weighted by Gasteiger charge is 2.36. The number of carbonyl (C=O) groups excluding carboxylic acids is 1. The van der Waals surface area contributed by atoms with E-state index in [9.17, 15) is 18.7 Å². The van der Waals surface area contributed by atoms with Crippen LogP contribution in [-0.2, 0) is 4.79 Å². The molecule has 4 nitrogen and oxygen atoms in total. The number of halogens is 2. The molecule has 2 aromatic rings. The van der Waals surface area contributed by atoms with E-state index in [1.807, 2.05) is 6.07 Å². The van der Waals surface area contributed by atoms with Gasteiger partial charge in [-0.25, -0.2) is 8.78 Å². The highest BCUT2D eigenvalue weighted by molar-refractivity contribution is 5.78. The van der Waals surface area contributed by atoms with Gasteiger partial charge in [0.1, 0.15) is 17.4 Å². The predicted molar refractivity (Wildman–Crippen MR) is 83.4 cm³/mol. The molecule has 1 aliphatic heterocycles. The van der Waals surface area contributed by atoms with Gasteiger partial charge in [0.15, 0.2) is 6.61 Å². The maximum Gasteiger partial charge on any atom is 0.261 e. The van der Waals surface area contributed by atoms with E-state index in [2.05, 4.69) is 0 Å². The number of carbonyl (C=O) groups is 1. The second kappa shape index (κ2) is 6.97. The van der Waals surface area contributed by atoms with Crippen LogP contribution in [0.2, 0.25) is 0 Å². The van der Waals surface area contributed by atoms with Crippen LogP contribution < -0.4 is 4.74 Å². The van der Waals surface area contributed by atoms with E-state index in [4.69, 9.17) is 4.74 Å². The quantitative estimate of drug-likeness (QED) is 0.936. The lowest BCUT2D eigenvalue weighted by Crippen LogP contribution is -2.35. The van der Waals surface area contributed by atoms with Crippen molar-refractivity contribution < 1.29 is 23.4 Å². The van der Waals surface area contributed by atoms with E-state index in [0.717, 1.165) is 18.2 Å². The van der Waals surface area contributed by atoms with Gasteiger partial charge in [0.25, 0.3) is 5.91 Å². The van der Waals surface area contributed by atoms with Gasteiger partial charge in [-0.2, -0.15) is 0 Å². The van der Waals surface area contributed by atoms with Crippen LogP contribution in [0.25, 0.3) is 0 Å². The molecule has 6 heteroatoms. The van der Waals surface area contributed by atoms with E-state index in [1.54, 1.807) is 24.3 Å². The highest BCUT2D eigenvalue weighted by Crippen LogP contribution is 2.34. The van der Waals surface area contributed by atoms with Gasteiger partial charge in [0.05, 0.1) is 12.1 Å². The molecule has 1 fully saturated rings. The molecule has 2 atom stereocenters. The topological polar surface area (TPSA) is 49.8 Å². The van der Waals surface area contributed by atoms with Crippen molar-refractivity contribution in [2.24, 2.45) is 0 Å². The Labute approximate surface area is 138 Å². The minimum Gasteiger partial charge on any atom is -0.484 e. The normalized spacial score (nSPS) is 20.2. The average Bonchev–Trinajstić information content (AvgIpc) is 2.97. The minimum atomic E-state index is -0.779. The van der Waals surface area contributed by atoms with Crippen molar-refractivity contribution in [1.29, 1.82) is 0 Å². The zero-order chi connectivity index (χ0) is 17.1. The fraction of sp³-hybridized carbons (Fsp3) is 0.278. The molecule has 1 N–H and O–H groups in total. The zero-order valence-electron chi connectivity index (χ0n) is 12.9. The number of aliphatic hydroxyl groups excluding tert-OH is 1. The number of rotatable bonds is 4. The van der Waals surface area contributed by atoms with Crippen LogP contribution in [0.4, 0.5) is 8.78 Å². The van der Waals surface area contributed by atoms with Crippen molar-refractivity contribution in [3.8, 4) is 5.75 Å². The maximum atomic E-state index is 14.0. The van der Waals surface area contributed by atoms with E-state index in [-0.39, 0.29) is 31.0 Å². The maximum absolute atomic E-state index is 14.0. The van der Waals surface area contributed by atoms with Crippen molar-refractivity contribution in [2.75, 3.05) is 13.2 Å². The smallest absolute Gasteiger partial charge is 0.261 e. The Morgan fingerprint density at radius 1 is 1.21 bits per heavy atom. The van der Waals surface area contributed by atoms with Gasteiger partial charge in [-0.15, -0.1) is 0 Å². The lowest BCUT2D eigenvalue weighted by Gasteiger charge is -2.25. The number of amides is 1. The first-order valence-corrected chi connectivity index (χ1v) is 7.65. The number of nitrogens with zero attached hydrogens (tertiary/aromatic N) is 1. The summed E-state index contributed by atoms with van der Waals surface area (Å²) >= 11 is 0. The number of aliphatic hydroxyl groups is 1. The van der Waals surface area contributed by atoms with Crippen LogP contribution >= 0.6 is 0 Å². The number of ether oxygens (including phenoxy) is 1. The first-order chi connectivity index (χ1) is 11.5. The third-order valence-electron chi connectivity index (χ3n) is 4.02. The molecule has 126 valence electrons. The minimum absolute atomic E-state index is 0.0671. The fourth-order valence-corrected chi connectivity index (χ4v) is 2.90. The summed E-state index contributed by atoms with van der Waals surface area (Å²) in [6, 6.07) is 11.2. The zero-order valence-corrected chi connectivity index (χ0v) is 12.9. The molecule has 0 aromatic heterocycles. The largest absolute Gasteiger partial charge is 0.484 e. The molecular weight excluding hydrogens is 316 g/mol. The molecule has 0 bridgehead atoms. The first-order valence-electron chi connectivity index (χ1n) is 7.65. The van der Waals surface area contributed by atoms with Gasteiger partial charge in [-0.05, 0) is 36.8 Å². The van der Waals surface area contributed by atoms with Gasteiger partial charge in [-0.1, -0.05) is 18.2 Å². The molecule has 0 radical (unpaired) electrons. The first kappa shape index (κ1) is 16.4. The molecule has 1 saturated heterocycles. The van der Waals surface area contributed by atoms with Gasteiger partial charge in [-0.3, -0.25) is 4.79 Å². The van der Waals surface area contributed by atoms with Gasteiger partial charge in [0.2, 0.25) is 0 Å². The molecule has 1 heterocycles. The second-order valence-corrected chi connectivity index (χ2v) is 5.72. The predicted octanol–water partition coefficient (Wildman–Crippen LogP) is 2.68. The van der Waals surface area contributed by atoms with Crippen LogP contribution in [0.1, 0.15) is 18.0 Å². The van der Waals surface area contributed by atoms with Gasteiger partial charge in [0, 0.05) is 12.1 Å². The summed E-state index contributed by atoms with van der Waals surface area (Å²) in [5.74, 6) is -1.03. The number of benzene rings is 2. The van der Waals surface area contributed by atoms with Gasteiger partial charge < -0.3 is 14.7 Å². The molecule has 3 rings (SSSR count). The number of para-hydroxylation sites is 1. The highest BCUT2D eigenvalue weighted by atomic mass is 19.1. The van der Waals surface area contributed by atoms with Crippen molar-refractivity contribution in [3.63, 3.8) is 0 Å². The SMILES string of the molecule is O=C(COc1ccccc1)N1C[C@H](O)C[C@H]1c1cc(F)ccc1F. The molecule has 1 aliphatic rings. The summed E-state index contributed by atoms with van der Waals surface area (Å²) in [6.45, 7) is -0.165. The Kier molecular flexibility index (Phi) is 4.76. The molecule has 0 saturated carbocycles. The third-order valence-corrected chi connectivity index (χ3v) is 4.02. The van der Waals surface area contributed by atoms with Gasteiger partial charge >= 0.3 is 0 Å². The van der Waals surface area contributed by atoms with E-state index < -0.39 is 23.8 Å². The lowest BCUT2D eigenvalue weighted by molar-refractivity contribution is -0.134. The van der Waals surface area contributed by atoms with Crippen LogP contribution in [-0.4, -0.2) is 35.2 Å². The van der Waals surface area contributed by atoms with Crippen molar-refractivity contribution in [2.45, 2.75) is 18.6 Å². The Hall–Kier alpha value is -2.47. The summed E-state index contributed by atoms with van der Waals surface area (Å²) in [7, 11) is 0. The summed E-state index contributed by atoms with van der Waals surface area (Å²) < 4.78 is 32.9. The summed E-state index contributed by atoms with van der Waals surface area (Å²) in [5, 5.41) is 9.87. The average molecular weight is 333 g/mol. The molecule has 0 spiro atoms. The summed E-state index contributed by atoms with van der Waals surface area (Å²) in [6.07, 6.45) is -0.615. The Morgan fingerprint density at radius 3 is 2.71 bits per heavy atom. The van der Waals surface area contributed by atoms with E-state index >= 15 is 0 Å². The van der Waals surface area contributed by atoms with Crippen molar-refractivity contribution >= 4 is 5.91 Å². The van der Waals surface area contributed by atoms with Crippen LogP contribution in [0, 0.1) is 11.6 Å². The Morgan fingerprint density at radius 2 is 1.96 bits per heavy atom. The van der Waals surface area contributed by atoms with Crippen LogP contribution in [0.5, 0.6) is 5.75 Å². The monoisotopic (exact) mass is 333 g/mol. The second-order valence-electron chi connectivity index (χ2n) is 5.72. The number of likely N-dealkylation sites (tertiary alicyclic amines) is 1. The number of β-amino-alcohol motifs (C(OH)–C–C–N with tert-alkyl or cyclic N) is 1. The van der Waals surface area contributed by atoms with Crippen LogP contribution in [0.15, 0.2) is 48.5 Å². The van der Waals surface area contributed by atoms with Crippen molar-refractivity contribution in [3.05, 3.63) is 65.7 Å². The Balaban J connectivity index is 1.75. The van der Waals surface area contributed by atoms with Crippen LogP contribution in [0.3, 0.4) is 0 Å². The molecule has 2 aromatic carbocycles. The molecule has 0 unspecified atom stereocenters. The molecule has 0 aliphatic carbocycles. The van der Waals surface area contributed by atoms with E-state index in [1.165, 1.54) is 4.90 Å². The third kappa shape index (κ3) is 3.54. The number of hydrogen-bond donors (Lipinski definition) is 1. The van der Waals surface area contributed by atoms with E-state index in [0.29, 0.717) is 5.75 Å². The molecule has 1 amide bonds. The lowest BCUT2D eigenvalue weighted by atomic mass is 10.0. The Bertz CT molecular complexity index is 723. The molecular formula is C18H17F2NO3. The van der Waals surface area contributed by atoms with Crippen molar-refractivity contribution in [1.82, 2.24) is 4.90 Å². The summed E-state index contributed by atoms with van der Waals surface area (Å²) in [5.41, 5.74) is 0.0691.